The Bertz CT molecular complexity index is 754. The zero-order valence-electron chi connectivity index (χ0n) is 16.1. The summed E-state index contributed by atoms with van der Waals surface area (Å²) in [5.41, 5.74) is 1.16. The van der Waals surface area contributed by atoms with E-state index in [-0.39, 0.29) is 30.3 Å². The van der Waals surface area contributed by atoms with Crippen LogP contribution in [0.15, 0.2) is 18.2 Å². The first kappa shape index (κ1) is 19.2. The van der Waals surface area contributed by atoms with Gasteiger partial charge in [0.05, 0.1) is 18.7 Å². The number of ether oxygens (including phenoxy) is 1. The molecular weight excluding hydrogens is 346 g/mol. The summed E-state index contributed by atoms with van der Waals surface area (Å²) in [6.07, 6.45) is 3.09. The van der Waals surface area contributed by atoms with Crippen LogP contribution < -0.4 is 15.4 Å². The Labute approximate surface area is 159 Å². The second-order valence-corrected chi connectivity index (χ2v) is 7.61. The molecule has 2 N–H and O–H groups in total. The van der Waals surface area contributed by atoms with Gasteiger partial charge in [-0.25, -0.2) is 0 Å². The summed E-state index contributed by atoms with van der Waals surface area (Å²) < 4.78 is 6.33. The van der Waals surface area contributed by atoms with Gasteiger partial charge in [0.1, 0.15) is 11.4 Å². The van der Waals surface area contributed by atoms with Gasteiger partial charge in [-0.05, 0) is 44.7 Å². The maximum Gasteiger partial charge on any atom is 0.255 e. The van der Waals surface area contributed by atoms with Gasteiger partial charge < -0.3 is 20.3 Å². The molecule has 0 radical (unpaired) electrons. The summed E-state index contributed by atoms with van der Waals surface area (Å²) >= 11 is 0. The molecule has 7 nitrogen and oxygen atoms in total. The molecule has 2 aliphatic rings. The SMILES string of the molecule is CC(=O)NCC(=O)N(C)C1CCC2(CC1)CNC(=O)c1cc(C)ccc1O2. The third-order valence-corrected chi connectivity index (χ3v) is 5.57. The van der Waals surface area contributed by atoms with E-state index in [1.165, 1.54) is 6.92 Å². The van der Waals surface area contributed by atoms with Crippen molar-refractivity contribution >= 4 is 17.7 Å². The topological polar surface area (TPSA) is 87.7 Å². The second kappa shape index (κ2) is 7.58. The number of carbonyl (C=O) groups is 3. The van der Waals surface area contributed by atoms with Crippen LogP contribution in [0.3, 0.4) is 0 Å². The van der Waals surface area contributed by atoms with E-state index in [1.54, 1.807) is 11.9 Å². The van der Waals surface area contributed by atoms with Crippen molar-refractivity contribution in [2.75, 3.05) is 20.1 Å². The van der Waals surface area contributed by atoms with E-state index in [2.05, 4.69) is 10.6 Å². The number of nitrogens with zero attached hydrogens (tertiary/aromatic N) is 1. The van der Waals surface area contributed by atoms with E-state index in [0.29, 0.717) is 17.9 Å². The van der Waals surface area contributed by atoms with Gasteiger partial charge in [-0.2, -0.15) is 0 Å². The Balaban J connectivity index is 1.65. The highest BCUT2D eigenvalue weighted by Gasteiger charge is 2.41. The first-order valence-corrected chi connectivity index (χ1v) is 9.38. The predicted octanol–water partition coefficient (Wildman–Crippen LogP) is 1.39. The maximum atomic E-state index is 12.4. The number of benzene rings is 1. The average molecular weight is 373 g/mol. The molecule has 1 aromatic carbocycles. The molecule has 3 rings (SSSR count). The van der Waals surface area contributed by atoms with Gasteiger partial charge in [-0.1, -0.05) is 11.6 Å². The van der Waals surface area contributed by atoms with E-state index < -0.39 is 5.60 Å². The van der Waals surface area contributed by atoms with Crippen LogP contribution in [0.1, 0.15) is 48.5 Å². The summed E-state index contributed by atoms with van der Waals surface area (Å²) in [5, 5.41) is 5.54. The first-order valence-electron chi connectivity index (χ1n) is 9.38. The highest BCUT2D eigenvalue weighted by Crippen LogP contribution is 2.37. The van der Waals surface area contributed by atoms with Gasteiger partial charge in [-0.3, -0.25) is 14.4 Å². The van der Waals surface area contributed by atoms with Gasteiger partial charge in [0.25, 0.3) is 5.91 Å². The lowest BCUT2D eigenvalue weighted by molar-refractivity contribution is -0.134. The molecule has 1 saturated carbocycles. The zero-order valence-corrected chi connectivity index (χ0v) is 16.1. The number of aryl methyl sites for hydroxylation is 1. The lowest BCUT2D eigenvalue weighted by Gasteiger charge is -2.42. The van der Waals surface area contributed by atoms with Gasteiger partial charge >= 0.3 is 0 Å². The Morgan fingerprint density at radius 1 is 1.33 bits per heavy atom. The number of rotatable bonds is 3. The van der Waals surface area contributed by atoms with Crippen LogP contribution in [0, 0.1) is 6.92 Å². The number of nitrogens with one attached hydrogen (secondary N) is 2. The number of carbonyl (C=O) groups excluding carboxylic acids is 3. The lowest BCUT2D eigenvalue weighted by atomic mass is 9.81. The third kappa shape index (κ3) is 4.23. The zero-order chi connectivity index (χ0) is 19.6. The Morgan fingerprint density at radius 2 is 2.04 bits per heavy atom. The van der Waals surface area contributed by atoms with E-state index in [1.807, 2.05) is 25.1 Å². The molecular formula is C20H27N3O4. The summed E-state index contributed by atoms with van der Waals surface area (Å²) in [6, 6.07) is 5.78. The van der Waals surface area contributed by atoms with Crippen molar-refractivity contribution in [3.05, 3.63) is 29.3 Å². The fraction of sp³-hybridized carbons (Fsp3) is 0.550. The van der Waals surface area contributed by atoms with Crippen LogP contribution in [-0.4, -0.2) is 54.4 Å². The smallest absolute Gasteiger partial charge is 0.255 e. The predicted molar refractivity (Wildman–Crippen MR) is 101 cm³/mol. The molecule has 0 aromatic heterocycles. The van der Waals surface area contributed by atoms with Crippen molar-refractivity contribution < 1.29 is 19.1 Å². The fourth-order valence-corrected chi connectivity index (χ4v) is 3.84. The average Bonchev–Trinajstić information content (AvgIpc) is 2.77. The van der Waals surface area contributed by atoms with Crippen molar-refractivity contribution in [3.8, 4) is 5.75 Å². The minimum Gasteiger partial charge on any atom is -0.485 e. The van der Waals surface area contributed by atoms with Crippen molar-refractivity contribution in [2.45, 2.75) is 51.2 Å². The van der Waals surface area contributed by atoms with Crippen LogP contribution in [0.2, 0.25) is 0 Å². The molecule has 1 aliphatic heterocycles. The van der Waals surface area contributed by atoms with E-state index in [9.17, 15) is 14.4 Å². The van der Waals surface area contributed by atoms with E-state index >= 15 is 0 Å². The number of likely N-dealkylation sites (N-methyl/N-ethyl adjacent to an activating group) is 1. The molecule has 1 heterocycles. The van der Waals surface area contributed by atoms with E-state index in [4.69, 9.17) is 4.74 Å². The monoisotopic (exact) mass is 373 g/mol. The lowest BCUT2D eigenvalue weighted by Crippen LogP contribution is -2.52. The molecule has 146 valence electrons. The van der Waals surface area contributed by atoms with Gasteiger partial charge in [0.15, 0.2) is 0 Å². The van der Waals surface area contributed by atoms with Crippen LogP contribution >= 0.6 is 0 Å². The minimum atomic E-state index is -0.436. The van der Waals surface area contributed by atoms with Crippen LogP contribution in [0.25, 0.3) is 0 Å². The van der Waals surface area contributed by atoms with Crippen molar-refractivity contribution in [1.29, 1.82) is 0 Å². The number of fused-ring (bicyclic) bond motifs is 1. The molecule has 7 heteroatoms. The molecule has 1 spiro atoms. The summed E-state index contributed by atoms with van der Waals surface area (Å²) in [6.45, 7) is 3.84. The Hall–Kier alpha value is -2.57. The van der Waals surface area contributed by atoms with Crippen molar-refractivity contribution in [2.24, 2.45) is 0 Å². The highest BCUT2D eigenvalue weighted by molar-refractivity contribution is 5.97. The highest BCUT2D eigenvalue weighted by atomic mass is 16.5. The summed E-state index contributed by atoms with van der Waals surface area (Å²) in [7, 11) is 1.78. The fourth-order valence-electron chi connectivity index (χ4n) is 3.84. The molecule has 27 heavy (non-hydrogen) atoms. The number of hydrogen-bond donors (Lipinski definition) is 2. The Morgan fingerprint density at radius 3 is 2.70 bits per heavy atom. The second-order valence-electron chi connectivity index (χ2n) is 7.61. The normalized spacial score (nSPS) is 24.3. The van der Waals surface area contributed by atoms with E-state index in [0.717, 1.165) is 31.2 Å². The first-order chi connectivity index (χ1) is 12.8. The summed E-state index contributed by atoms with van der Waals surface area (Å²) in [4.78, 5) is 37.3. The maximum absolute atomic E-state index is 12.4. The summed E-state index contributed by atoms with van der Waals surface area (Å²) in [5.74, 6) is 0.220. The third-order valence-electron chi connectivity index (χ3n) is 5.57. The number of hydrogen-bond acceptors (Lipinski definition) is 4. The van der Waals surface area contributed by atoms with Crippen molar-refractivity contribution in [1.82, 2.24) is 15.5 Å². The molecule has 1 aromatic rings. The molecule has 1 fully saturated rings. The van der Waals surface area contributed by atoms with Gasteiger partial charge in [-0.15, -0.1) is 0 Å². The molecule has 0 atom stereocenters. The van der Waals surface area contributed by atoms with Gasteiger partial charge in [0, 0.05) is 20.0 Å². The molecule has 0 unspecified atom stereocenters. The van der Waals surface area contributed by atoms with Crippen LogP contribution in [-0.2, 0) is 9.59 Å². The minimum absolute atomic E-state index is 0.0206. The molecule has 3 amide bonds. The standard InChI is InChI=1S/C20H27N3O4/c1-13-4-5-17-16(10-13)19(26)22-12-20(27-17)8-6-15(7-9-20)23(3)18(25)11-21-14(2)24/h4-5,10,15H,6-9,11-12H2,1-3H3,(H,21,24)(H,22,26). The quantitative estimate of drug-likeness (QED) is 0.838. The van der Waals surface area contributed by atoms with Crippen LogP contribution in [0.5, 0.6) is 5.75 Å². The molecule has 1 aliphatic carbocycles. The molecule has 0 bridgehead atoms. The Kier molecular flexibility index (Phi) is 5.39. The number of amides is 3. The van der Waals surface area contributed by atoms with Crippen molar-refractivity contribution in [3.63, 3.8) is 0 Å². The van der Waals surface area contributed by atoms with Gasteiger partial charge in [0.2, 0.25) is 11.8 Å². The molecule has 0 saturated heterocycles. The van der Waals surface area contributed by atoms with Crippen LogP contribution in [0.4, 0.5) is 0 Å². The largest absolute Gasteiger partial charge is 0.485 e.